The molecule has 0 aliphatic heterocycles. The van der Waals surface area contributed by atoms with Crippen LogP contribution in [0.1, 0.15) is 49.4 Å². The van der Waals surface area contributed by atoms with E-state index >= 15 is 0 Å². The molecule has 1 aromatic rings. The fraction of sp³-hybridized carbons (Fsp3) is 0.583. The molecule has 2 aliphatic carbocycles. The predicted octanol–water partition coefficient (Wildman–Crippen LogP) is 2.19. The molecule has 4 nitrogen and oxygen atoms in total. The largest absolute Gasteiger partial charge is 0.365 e. The van der Waals surface area contributed by atoms with E-state index < -0.39 is 0 Å². The zero-order chi connectivity index (χ0) is 11.0. The third-order valence-corrected chi connectivity index (χ3v) is 3.34. The van der Waals surface area contributed by atoms with Gasteiger partial charge in [0.1, 0.15) is 6.07 Å². The molecular formula is C12H14N4. The van der Waals surface area contributed by atoms with E-state index in [9.17, 15) is 0 Å². The highest BCUT2D eigenvalue weighted by molar-refractivity contribution is 5.49. The van der Waals surface area contributed by atoms with Gasteiger partial charge in [0.2, 0.25) is 0 Å². The summed E-state index contributed by atoms with van der Waals surface area (Å²) >= 11 is 0. The number of hydrogen-bond donors (Lipinski definition) is 1. The minimum atomic E-state index is 0.427. The number of anilines is 1. The molecule has 2 saturated carbocycles. The van der Waals surface area contributed by atoms with Crippen molar-refractivity contribution in [2.24, 2.45) is 0 Å². The zero-order valence-corrected chi connectivity index (χ0v) is 9.11. The number of aromatic nitrogens is 2. The van der Waals surface area contributed by atoms with Crippen molar-refractivity contribution in [1.29, 1.82) is 5.26 Å². The molecule has 1 aromatic heterocycles. The summed E-state index contributed by atoms with van der Waals surface area (Å²) in [5.74, 6) is 1.28. The Morgan fingerprint density at radius 1 is 1.31 bits per heavy atom. The van der Waals surface area contributed by atoms with Crippen molar-refractivity contribution in [3.8, 4) is 6.07 Å². The Kier molecular flexibility index (Phi) is 2.24. The first-order chi connectivity index (χ1) is 7.86. The molecule has 2 aliphatic rings. The first-order valence-electron chi connectivity index (χ1n) is 5.90. The van der Waals surface area contributed by atoms with Gasteiger partial charge in [0.25, 0.3) is 0 Å². The molecule has 0 bridgehead atoms. The third-order valence-electron chi connectivity index (χ3n) is 3.34. The maximum absolute atomic E-state index is 8.97. The molecule has 1 heterocycles. The molecule has 82 valence electrons. The fourth-order valence-electron chi connectivity index (χ4n) is 1.91. The summed E-state index contributed by atoms with van der Waals surface area (Å²) in [5.41, 5.74) is 1.47. The van der Waals surface area contributed by atoms with Crippen LogP contribution in [0.5, 0.6) is 0 Å². The van der Waals surface area contributed by atoms with Crippen molar-refractivity contribution >= 4 is 5.82 Å². The second-order valence-electron chi connectivity index (χ2n) is 4.65. The van der Waals surface area contributed by atoms with Gasteiger partial charge in [-0.3, -0.25) is 0 Å². The second kappa shape index (κ2) is 3.75. The second-order valence-corrected chi connectivity index (χ2v) is 4.65. The van der Waals surface area contributed by atoms with E-state index in [1.807, 2.05) is 0 Å². The molecule has 16 heavy (non-hydrogen) atoms. The highest BCUT2D eigenvalue weighted by Gasteiger charge is 2.27. The highest BCUT2D eigenvalue weighted by Crippen LogP contribution is 2.39. The lowest BCUT2D eigenvalue weighted by atomic mass is 9.93. The molecule has 0 atom stereocenters. The lowest BCUT2D eigenvalue weighted by Crippen LogP contribution is -2.28. The van der Waals surface area contributed by atoms with E-state index in [1.54, 1.807) is 6.20 Å². The Morgan fingerprint density at radius 2 is 2.12 bits per heavy atom. The van der Waals surface area contributed by atoms with E-state index in [0.29, 0.717) is 23.5 Å². The molecule has 0 saturated heterocycles. The van der Waals surface area contributed by atoms with Gasteiger partial charge in [-0.1, -0.05) is 0 Å². The van der Waals surface area contributed by atoms with Crippen LogP contribution in [-0.2, 0) is 0 Å². The number of nitrogens with one attached hydrogen (secondary N) is 1. The van der Waals surface area contributed by atoms with Gasteiger partial charge in [0.05, 0.1) is 11.9 Å². The maximum atomic E-state index is 8.97. The van der Waals surface area contributed by atoms with Gasteiger partial charge in [0, 0.05) is 12.0 Å². The van der Waals surface area contributed by atoms with Crippen molar-refractivity contribution in [2.75, 3.05) is 5.32 Å². The fourth-order valence-corrected chi connectivity index (χ4v) is 1.91. The van der Waals surface area contributed by atoms with Crippen LogP contribution in [0.2, 0.25) is 0 Å². The van der Waals surface area contributed by atoms with Crippen molar-refractivity contribution in [2.45, 2.75) is 44.1 Å². The molecule has 0 aromatic carbocycles. The minimum absolute atomic E-state index is 0.427. The quantitative estimate of drug-likeness (QED) is 0.837. The van der Waals surface area contributed by atoms with Crippen molar-refractivity contribution in [3.05, 3.63) is 17.6 Å². The molecular weight excluding hydrogens is 200 g/mol. The summed E-state index contributed by atoms with van der Waals surface area (Å²) in [7, 11) is 0. The molecule has 0 spiro atoms. The maximum Gasteiger partial charge on any atom is 0.183 e. The van der Waals surface area contributed by atoms with Crippen molar-refractivity contribution in [3.63, 3.8) is 0 Å². The lowest BCUT2D eigenvalue weighted by Gasteiger charge is -2.27. The Balaban J connectivity index is 1.86. The van der Waals surface area contributed by atoms with Crippen LogP contribution in [0.25, 0.3) is 0 Å². The minimum Gasteiger partial charge on any atom is -0.365 e. The van der Waals surface area contributed by atoms with Crippen LogP contribution in [0.15, 0.2) is 6.20 Å². The summed E-state index contributed by atoms with van der Waals surface area (Å²) in [6, 6.07) is 2.60. The first-order valence-corrected chi connectivity index (χ1v) is 5.90. The zero-order valence-electron chi connectivity index (χ0n) is 9.11. The van der Waals surface area contributed by atoms with Crippen LogP contribution in [0.4, 0.5) is 5.82 Å². The van der Waals surface area contributed by atoms with Crippen molar-refractivity contribution < 1.29 is 0 Å². The smallest absolute Gasteiger partial charge is 0.183 e. The monoisotopic (exact) mass is 214 g/mol. The third kappa shape index (κ3) is 1.73. The molecule has 2 fully saturated rings. The predicted molar refractivity (Wildman–Crippen MR) is 60.0 cm³/mol. The van der Waals surface area contributed by atoms with Gasteiger partial charge in [-0.05, 0) is 32.1 Å². The average molecular weight is 214 g/mol. The highest BCUT2D eigenvalue weighted by atomic mass is 15.1. The molecule has 0 amide bonds. The van der Waals surface area contributed by atoms with E-state index in [2.05, 4.69) is 21.4 Å². The Morgan fingerprint density at radius 3 is 2.69 bits per heavy atom. The van der Waals surface area contributed by atoms with Gasteiger partial charge in [-0.2, -0.15) is 5.26 Å². The molecule has 4 heteroatoms. The van der Waals surface area contributed by atoms with Gasteiger partial charge in [0.15, 0.2) is 11.5 Å². The summed E-state index contributed by atoms with van der Waals surface area (Å²) in [5, 5.41) is 12.3. The molecule has 1 N–H and O–H groups in total. The molecule has 3 rings (SSSR count). The number of hydrogen-bond acceptors (Lipinski definition) is 4. The van der Waals surface area contributed by atoms with Crippen LogP contribution < -0.4 is 5.32 Å². The average Bonchev–Trinajstić information content (AvgIpc) is 3.07. The number of rotatable bonds is 3. The van der Waals surface area contributed by atoms with E-state index in [1.165, 1.54) is 32.1 Å². The van der Waals surface area contributed by atoms with E-state index in [0.717, 1.165) is 5.69 Å². The van der Waals surface area contributed by atoms with Crippen LogP contribution in [-0.4, -0.2) is 16.0 Å². The Bertz CT molecular complexity index is 441. The lowest BCUT2D eigenvalue weighted by molar-refractivity contribution is 0.444. The summed E-state index contributed by atoms with van der Waals surface area (Å²) in [4.78, 5) is 8.71. The van der Waals surface area contributed by atoms with Crippen molar-refractivity contribution in [1.82, 2.24) is 9.97 Å². The summed E-state index contributed by atoms with van der Waals surface area (Å²) in [6.45, 7) is 0. The van der Waals surface area contributed by atoms with Gasteiger partial charge in [-0.25, -0.2) is 9.97 Å². The van der Waals surface area contributed by atoms with Gasteiger partial charge in [-0.15, -0.1) is 0 Å². The normalized spacial score (nSPS) is 19.9. The number of nitrogens with zero attached hydrogens (tertiary/aromatic N) is 3. The van der Waals surface area contributed by atoms with Crippen LogP contribution in [0.3, 0.4) is 0 Å². The van der Waals surface area contributed by atoms with E-state index in [4.69, 9.17) is 5.26 Å². The SMILES string of the molecule is N#Cc1ncc(C2CC2)nc1NC1CCC1. The number of nitriles is 1. The van der Waals surface area contributed by atoms with Crippen LogP contribution >= 0.6 is 0 Å². The van der Waals surface area contributed by atoms with E-state index in [-0.39, 0.29) is 0 Å². The van der Waals surface area contributed by atoms with Gasteiger partial charge >= 0.3 is 0 Å². The molecule has 0 radical (unpaired) electrons. The Labute approximate surface area is 94.7 Å². The van der Waals surface area contributed by atoms with Gasteiger partial charge < -0.3 is 5.32 Å². The standard InChI is InChI=1S/C12H14N4/c13-6-10-12(15-9-2-1-3-9)16-11(7-14-10)8-4-5-8/h7-9H,1-5H2,(H,15,16). The first kappa shape index (κ1) is 9.59. The van der Waals surface area contributed by atoms with Crippen LogP contribution in [0, 0.1) is 11.3 Å². The topological polar surface area (TPSA) is 61.6 Å². The molecule has 0 unspecified atom stereocenters. The summed E-state index contributed by atoms with van der Waals surface area (Å²) < 4.78 is 0. The summed E-state index contributed by atoms with van der Waals surface area (Å²) in [6.07, 6.45) is 7.81. The Hall–Kier alpha value is -1.63.